The van der Waals surface area contributed by atoms with Gasteiger partial charge in [-0.3, -0.25) is 4.79 Å². The van der Waals surface area contributed by atoms with Gasteiger partial charge in [-0.25, -0.2) is 0 Å². The molecule has 36 heavy (non-hydrogen) atoms. The zero-order valence-corrected chi connectivity index (χ0v) is 20.1. The molecule has 1 N–H and O–H groups in total. The number of carbonyl (C=O) groups is 1. The van der Waals surface area contributed by atoms with Crippen molar-refractivity contribution in [2.75, 3.05) is 15.1 Å². The van der Waals surface area contributed by atoms with E-state index in [0.717, 1.165) is 39.8 Å². The van der Waals surface area contributed by atoms with E-state index in [9.17, 15) is 4.79 Å². The average molecular weight is 470 g/mol. The summed E-state index contributed by atoms with van der Waals surface area (Å²) >= 11 is 0. The SMILES string of the molecule is CC(=O)Nc1ccc(N(c2ccccc2)c2ccc(N(c3ccccc3)c3ccccc3)cc2)cc1. The standard InChI is InChI=1S/C32H27N3O/c1-25(36)33-26-17-19-30(20-18-26)35(29-15-9-4-10-16-29)32-23-21-31(22-24-32)34(27-11-5-2-6-12-27)28-13-7-3-8-14-28/h2-24H,1H3,(H,33,36). The highest BCUT2D eigenvalue weighted by molar-refractivity contribution is 5.89. The van der Waals surface area contributed by atoms with E-state index in [1.54, 1.807) is 0 Å². The molecular formula is C32H27N3O. The van der Waals surface area contributed by atoms with Gasteiger partial charge in [-0.05, 0) is 84.9 Å². The van der Waals surface area contributed by atoms with Gasteiger partial charge in [0.15, 0.2) is 0 Å². The molecule has 0 aliphatic carbocycles. The van der Waals surface area contributed by atoms with Crippen molar-refractivity contribution in [3.05, 3.63) is 140 Å². The van der Waals surface area contributed by atoms with Crippen LogP contribution in [0.3, 0.4) is 0 Å². The third-order valence-electron chi connectivity index (χ3n) is 5.86. The van der Waals surface area contributed by atoms with Crippen LogP contribution in [0.1, 0.15) is 6.92 Å². The van der Waals surface area contributed by atoms with E-state index in [1.807, 2.05) is 54.6 Å². The van der Waals surface area contributed by atoms with Gasteiger partial charge >= 0.3 is 0 Å². The van der Waals surface area contributed by atoms with Crippen LogP contribution in [0.25, 0.3) is 0 Å². The number of nitrogens with zero attached hydrogens (tertiary/aromatic N) is 2. The molecule has 0 aromatic heterocycles. The van der Waals surface area contributed by atoms with Crippen LogP contribution in [0, 0.1) is 0 Å². The van der Waals surface area contributed by atoms with Gasteiger partial charge in [-0.2, -0.15) is 0 Å². The highest BCUT2D eigenvalue weighted by Gasteiger charge is 2.15. The third kappa shape index (κ3) is 5.13. The lowest BCUT2D eigenvalue weighted by atomic mass is 10.1. The van der Waals surface area contributed by atoms with E-state index >= 15 is 0 Å². The minimum absolute atomic E-state index is 0.0837. The Labute approximate surface area is 212 Å². The smallest absolute Gasteiger partial charge is 0.221 e. The maximum absolute atomic E-state index is 11.4. The van der Waals surface area contributed by atoms with Gasteiger partial charge in [0.2, 0.25) is 5.91 Å². The van der Waals surface area contributed by atoms with Gasteiger partial charge in [0.1, 0.15) is 0 Å². The predicted molar refractivity (Wildman–Crippen MR) is 150 cm³/mol. The zero-order chi connectivity index (χ0) is 24.7. The molecule has 5 aromatic carbocycles. The molecule has 5 aromatic rings. The third-order valence-corrected chi connectivity index (χ3v) is 5.86. The first-order valence-corrected chi connectivity index (χ1v) is 11.9. The maximum Gasteiger partial charge on any atom is 0.221 e. The molecule has 0 spiro atoms. The summed E-state index contributed by atoms with van der Waals surface area (Å²) in [7, 11) is 0. The van der Waals surface area contributed by atoms with Gasteiger partial charge in [0, 0.05) is 46.7 Å². The largest absolute Gasteiger partial charge is 0.326 e. The number of anilines is 7. The fourth-order valence-electron chi connectivity index (χ4n) is 4.27. The van der Waals surface area contributed by atoms with Gasteiger partial charge in [-0.1, -0.05) is 54.6 Å². The van der Waals surface area contributed by atoms with Crippen molar-refractivity contribution < 1.29 is 4.79 Å². The number of carbonyl (C=O) groups excluding carboxylic acids is 1. The Morgan fingerprint density at radius 3 is 1.03 bits per heavy atom. The molecule has 5 rings (SSSR count). The second-order valence-corrected chi connectivity index (χ2v) is 8.42. The highest BCUT2D eigenvalue weighted by Crippen LogP contribution is 2.38. The molecule has 176 valence electrons. The summed E-state index contributed by atoms with van der Waals surface area (Å²) in [6, 6.07) is 47.5. The molecule has 0 atom stereocenters. The molecule has 0 aliphatic rings. The zero-order valence-electron chi connectivity index (χ0n) is 20.1. The van der Waals surface area contributed by atoms with Gasteiger partial charge < -0.3 is 15.1 Å². The van der Waals surface area contributed by atoms with Crippen molar-refractivity contribution in [1.82, 2.24) is 0 Å². The van der Waals surface area contributed by atoms with Crippen molar-refractivity contribution in [3.8, 4) is 0 Å². The summed E-state index contributed by atoms with van der Waals surface area (Å²) < 4.78 is 0. The molecule has 0 heterocycles. The molecule has 4 nitrogen and oxygen atoms in total. The molecule has 0 aliphatic heterocycles. The number of nitrogens with one attached hydrogen (secondary N) is 1. The molecule has 0 fully saturated rings. The molecule has 0 radical (unpaired) electrons. The number of hydrogen-bond donors (Lipinski definition) is 1. The quantitative estimate of drug-likeness (QED) is 0.259. The lowest BCUT2D eigenvalue weighted by Gasteiger charge is -2.28. The summed E-state index contributed by atoms with van der Waals surface area (Å²) in [5.74, 6) is -0.0837. The van der Waals surface area contributed by atoms with Crippen LogP contribution >= 0.6 is 0 Å². The van der Waals surface area contributed by atoms with E-state index in [4.69, 9.17) is 0 Å². The van der Waals surface area contributed by atoms with E-state index in [-0.39, 0.29) is 5.91 Å². The molecule has 4 heteroatoms. The van der Waals surface area contributed by atoms with Gasteiger partial charge in [0.05, 0.1) is 0 Å². The lowest BCUT2D eigenvalue weighted by molar-refractivity contribution is -0.114. The minimum atomic E-state index is -0.0837. The predicted octanol–water partition coefficient (Wildman–Crippen LogP) is 8.58. The maximum atomic E-state index is 11.4. The fraction of sp³-hybridized carbons (Fsp3) is 0.0312. The van der Waals surface area contributed by atoms with Crippen LogP contribution in [0.15, 0.2) is 140 Å². The molecule has 0 saturated carbocycles. The summed E-state index contributed by atoms with van der Waals surface area (Å²) in [5.41, 5.74) is 7.15. The lowest BCUT2D eigenvalue weighted by Crippen LogP contribution is -2.12. The van der Waals surface area contributed by atoms with Crippen molar-refractivity contribution >= 4 is 45.7 Å². The normalized spacial score (nSPS) is 10.5. The Balaban J connectivity index is 1.53. The van der Waals surface area contributed by atoms with Crippen LogP contribution in [0.5, 0.6) is 0 Å². The van der Waals surface area contributed by atoms with Crippen molar-refractivity contribution in [2.24, 2.45) is 0 Å². The Morgan fingerprint density at radius 2 is 0.722 bits per heavy atom. The molecule has 0 bridgehead atoms. The number of amides is 1. The molecule has 0 saturated heterocycles. The first kappa shape index (κ1) is 22.9. The van der Waals surface area contributed by atoms with E-state index in [1.165, 1.54) is 6.92 Å². The Morgan fingerprint density at radius 1 is 0.444 bits per heavy atom. The van der Waals surface area contributed by atoms with Crippen LogP contribution in [0.2, 0.25) is 0 Å². The molecular weight excluding hydrogens is 442 g/mol. The van der Waals surface area contributed by atoms with Gasteiger partial charge in [0.25, 0.3) is 0 Å². The second-order valence-electron chi connectivity index (χ2n) is 8.42. The van der Waals surface area contributed by atoms with E-state index in [0.29, 0.717) is 0 Å². The van der Waals surface area contributed by atoms with Crippen molar-refractivity contribution in [2.45, 2.75) is 6.92 Å². The van der Waals surface area contributed by atoms with E-state index < -0.39 is 0 Å². The van der Waals surface area contributed by atoms with Crippen LogP contribution in [0.4, 0.5) is 39.8 Å². The Bertz CT molecular complexity index is 1360. The first-order valence-electron chi connectivity index (χ1n) is 11.9. The monoisotopic (exact) mass is 469 g/mol. The molecule has 0 unspecified atom stereocenters. The van der Waals surface area contributed by atoms with Crippen molar-refractivity contribution in [3.63, 3.8) is 0 Å². The van der Waals surface area contributed by atoms with Gasteiger partial charge in [-0.15, -0.1) is 0 Å². The second kappa shape index (κ2) is 10.6. The number of benzene rings is 5. The number of rotatable bonds is 7. The van der Waals surface area contributed by atoms with Crippen LogP contribution < -0.4 is 15.1 Å². The summed E-state index contributed by atoms with van der Waals surface area (Å²) in [4.78, 5) is 15.9. The minimum Gasteiger partial charge on any atom is -0.326 e. The molecule has 1 amide bonds. The summed E-state index contributed by atoms with van der Waals surface area (Å²) in [6.45, 7) is 1.51. The topological polar surface area (TPSA) is 35.6 Å². The summed E-state index contributed by atoms with van der Waals surface area (Å²) in [6.07, 6.45) is 0. The first-order chi connectivity index (χ1) is 17.7. The highest BCUT2D eigenvalue weighted by atomic mass is 16.1. The van der Waals surface area contributed by atoms with Crippen LogP contribution in [-0.4, -0.2) is 5.91 Å². The summed E-state index contributed by atoms with van der Waals surface area (Å²) in [5, 5.41) is 2.84. The number of para-hydroxylation sites is 3. The Kier molecular flexibility index (Phi) is 6.77. The average Bonchev–Trinajstić information content (AvgIpc) is 2.92. The fourth-order valence-corrected chi connectivity index (χ4v) is 4.27. The Hall–Kier alpha value is -4.83. The van der Waals surface area contributed by atoms with E-state index in [2.05, 4.69) is 100 Å². The number of hydrogen-bond acceptors (Lipinski definition) is 3. The van der Waals surface area contributed by atoms with Crippen molar-refractivity contribution in [1.29, 1.82) is 0 Å². The van der Waals surface area contributed by atoms with Crippen LogP contribution in [-0.2, 0) is 4.79 Å².